The van der Waals surface area contributed by atoms with Gasteiger partial charge in [0.1, 0.15) is 6.04 Å². The normalized spacial score (nSPS) is 17.6. The lowest BCUT2D eigenvalue weighted by molar-refractivity contribution is -0.387. The van der Waals surface area contributed by atoms with Crippen LogP contribution in [0, 0.1) is 10.1 Å². The number of para-hydroxylation sites is 1. The third-order valence-electron chi connectivity index (χ3n) is 5.07. The van der Waals surface area contributed by atoms with E-state index in [0.29, 0.717) is 13.2 Å². The molecule has 2 atom stereocenters. The van der Waals surface area contributed by atoms with Crippen molar-refractivity contribution in [1.82, 2.24) is 14.5 Å². The number of nitrogens with zero attached hydrogens (tertiary/aromatic N) is 6. The van der Waals surface area contributed by atoms with Crippen molar-refractivity contribution in [2.24, 2.45) is 5.11 Å². The molecule has 1 fully saturated rings. The number of hydrogen-bond acceptors (Lipinski definition) is 9. The fourth-order valence-corrected chi connectivity index (χ4v) is 5.02. The minimum atomic E-state index is -5.08. The molecule has 212 valence electrons. The number of halogens is 3. The van der Waals surface area contributed by atoms with E-state index in [9.17, 15) is 36.5 Å². The number of hydrogen-bond donors (Lipinski definition) is 2. The minimum Gasteiger partial charge on any atom is -0.475 e. The van der Waals surface area contributed by atoms with Crippen LogP contribution in [-0.2, 0) is 24.3 Å². The SMILES string of the molecule is CNCCOCCN(C)C(=O)[C@@H]1C[C@H](N=[N+]=[N-])CN1S(=O)(=O)c1ccccc1[N+](=O)[O-].O=C(O)C(F)(F)F. The fraction of sp³-hybridized carbons (Fsp3) is 0.579. The second kappa shape index (κ2) is 14.4. The first-order valence-corrected chi connectivity index (χ1v) is 12.2. The number of rotatable bonds is 11. The maximum Gasteiger partial charge on any atom is 0.490 e. The zero-order valence-electron chi connectivity index (χ0n) is 20.2. The number of azide groups is 1. The number of amides is 1. The largest absolute Gasteiger partial charge is 0.490 e. The van der Waals surface area contributed by atoms with Gasteiger partial charge in [-0.1, -0.05) is 17.2 Å². The predicted molar refractivity (Wildman–Crippen MR) is 124 cm³/mol. The molecule has 1 aromatic carbocycles. The van der Waals surface area contributed by atoms with Crippen LogP contribution in [0.25, 0.3) is 10.4 Å². The van der Waals surface area contributed by atoms with Crippen molar-refractivity contribution < 1.29 is 45.9 Å². The summed E-state index contributed by atoms with van der Waals surface area (Å²) < 4.78 is 64.5. The van der Waals surface area contributed by atoms with Crippen LogP contribution in [0.2, 0.25) is 0 Å². The van der Waals surface area contributed by atoms with Crippen LogP contribution < -0.4 is 5.32 Å². The zero-order valence-corrected chi connectivity index (χ0v) is 21.1. The Balaban J connectivity index is 0.000000905. The quantitative estimate of drug-likeness (QED) is 0.0983. The smallest absolute Gasteiger partial charge is 0.475 e. The molecule has 0 unspecified atom stereocenters. The maximum absolute atomic E-state index is 13.3. The Hall–Kier alpha value is -3.51. The molecule has 1 aromatic rings. The molecule has 2 N–H and O–H groups in total. The highest BCUT2D eigenvalue weighted by Gasteiger charge is 2.46. The summed E-state index contributed by atoms with van der Waals surface area (Å²) in [4.78, 5) is 36.0. The lowest BCUT2D eigenvalue weighted by Crippen LogP contribution is -2.47. The molecule has 1 saturated heterocycles. The van der Waals surface area contributed by atoms with Crippen LogP contribution in [0.1, 0.15) is 6.42 Å². The molecule has 1 amide bonds. The van der Waals surface area contributed by atoms with Crippen LogP contribution in [0.3, 0.4) is 0 Å². The van der Waals surface area contributed by atoms with E-state index in [1.54, 1.807) is 7.05 Å². The molecule has 15 nitrogen and oxygen atoms in total. The van der Waals surface area contributed by atoms with Crippen LogP contribution in [-0.4, -0.2) is 105 Å². The Morgan fingerprint density at radius 3 is 2.50 bits per heavy atom. The molecule has 0 saturated carbocycles. The van der Waals surface area contributed by atoms with Gasteiger partial charge >= 0.3 is 12.1 Å². The molecule has 0 aromatic heterocycles. The van der Waals surface area contributed by atoms with Crippen molar-refractivity contribution in [2.75, 3.05) is 46.9 Å². The molecule has 0 aliphatic carbocycles. The first-order chi connectivity index (χ1) is 17.7. The number of alkyl halides is 3. The first kappa shape index (κ1) is 32.5. The molecule has 38 heavy (non-hydrogen) atoms. The van der Waals surface area contributed by atoms with Gasteiger partial charge in [-0.3, -0.25) is 14.9 Å². The number of likely N-dealkylation sites (N-methyl/N-ethyl adjacent to an activating group) is 2. The van der Waals surface area contributed by atoms with Crippen molar-refractivity contribution >= 4 is 27.6 Å². The Morgan fingerprint density at radius 1 is 1.37 bits per heavy atom. The summed E-state index contributed by atoms with van der Waals surface area (Å²) in [7, 11) is -1.11. The van der Waals surface area contributed by atoms with Gasteiger partial charge in [-0.15, -0.1) is 0 Å². The first-order valence-electron chi connectivity index (χ1n) is 10.7. The van der Waals surface area contributed by atoms with Gasteiger partial charge in [0, 0.05) is 37.7 Å². The summed E-state index contributed by atoms with van der Waals surface area (Å²) in [6, 6.07) is 3.01. The average molecular weight is 570 g/mol. The van der Waals surface area contributed by atoms with Gasteiger partial charge in [-0.05, 0) is 25.1 Å². The second-order valence-corrected chi connectivity index (χ2v) is 9.55. The molecule has 1 aliphatic heterocycles. The van der Waals surface area contributed by atoms with E-state index < -0.39 is 55.7 Å². The number of ether oxygens (including phenoxy) is 1. The summed E-state index contributed by atoms with van der Waals surface area (Å²) in [6.07, 6.45) is -5.10. The molecule has 19 heteroatoms. The van der Waals surface area contributed by atoms with Gasteiger partial charge < -0.3 is 20.1 Å². The number of benzene rings is 1. The number of aliphatic carboxylic acids is 1. The molecule has 1 heterocycles. The van der Waals surface area contributed by atoms with Crippen molar-refractivity contribution in [2.45, 2.75) is 29.6 Å². The van der Waals surface area contributed by atoms with Gasteiger partial charge in [0.25, 0.3) is 15.7 Å². The summed E-state index contributed by atoms with van der Waals surface area (Å²) in [5.74, 6) is -3.26. The monoisotopic (exact) mass is 569 g/mol. The maximum atomic E-state index is 13.3. The third-order valence-corrected chi connectivity index (χ3v) is 6.99. The molecule has 2 rings (SSSR count). The van der Waals surface area contributed by atoms with Crippen molar-refractivity contribution in [3.05, 3.63) is 44.8 Å². The molecular weight excluding hydrogens is 543 g/mol. The van der Waals surface area contributed by atoms with Crippen LogP contribution in [0.4, 0.5) is 18.9 Å². The highest BCUT2D eigenvalue weighted by molar-refractivity contribution is 7.89. The van der Waals surface area contributed by atoms with Gasteiger partial charge in [0.05, 0.1) is 24.2 Å². The number of nitro groups is 1. The summed E-state index contributed by atoms with van der Waals surface area (Å²) in [6.45, 7) is 1.34. The Kier molecular flexibility index (Phi) is 12.4. The fourth-order valence-electron chi connectivity index (χ4n) is 3.23. The Morgan fingerprint density at radius 2 is 1.97 bits per heavy atom. The lowest BCUT2D eigenvalue weighted by Gasteiger charge is -2.27. The van der Waals surface area contributed by atoms with Crippen molar-refractivity contribution in [3.8, 4) is 0 Å². The van der Waals surface area contributed by atoms with Gasteiger partial charge in [0.2, 0.25) is 5.91 Å². The van der Waals surface area contributed by atoms with Crippen LogP contribution >= 0.6 is 0 Å². The number of carbonyl (C=O) groups excluding carboxylic acids is 1. The zero-order chi connectivity index (χ0) is 29.1. The number of nitro benzene ring substituents is 1. The van der Waals surface area contributed by atoms with Gasteiger partial charge in [0.15, 0.2) is 4.90 Å². The molecule has 0 radical (unpaired) electrons. The third kappa shape index (κ3) is 9.10. The van der Waals surface area contributed by atoms with Crippen molar-refractivity contribution in [3.63, 3.8) is 0 Å². The second-order valence-electron chi connectivity index (χ2n) is 7.69. The van der Waals surface area contributed by atoms with E-state index in [4.69, 9.17) is 20.2 Å². The average Bonchev–Trinajstić information content (AvgIpc) is 3.28. The Labute approximate surface area is 215 Å². The van der Waals surface area contributed by atoms with E-state index >= 15 is 0 Å². The van der Waals surface area contributed by atoms with Crippen LogP contribution in [0.15, 0.2) is 34.3 Å². The Bertz CT molecular complexity index is 1150. The molecule has 0 bridgehead atoms. The number of sulfonamides is 1. The van der Waals surface area contributed by atoms with E-state index in [-0.39, 0.29) is 26.1 Å². The molecule has 1 aliphatic rings. The van der Waals surface area contributed by atoms with Crippen LogP contribution in [0.5, 0.6) is 0 Å². The van der Waals surface area contributed by atoms with E-state index in [2.05, 4.69) is 15.3 Å². The standard InChI is InChI=1S/C17H25N7O6S.C2HF3O2/c1-19-7-9-30-10-8-22(2)17(25)15-11-13(20-21-18)12-23(15)31(28,29)16-6-4-3-5-14(16)24(26)27;3-2(4,5)1(6)7/h3-6,13,15,19H,7-12H2,1-2H3;(H,6,7)/t13-,15-;/m0./s1. The summed E-state index contributed by atoms with van der Waals surface area (Å²) in [5, 5.41) is 24.9. The summed E-state index contributed by atoms with van der Waals surface area (Å²) in [5.41, 5.74) is 8.16. The summed E-state index contributed by atoms with van der Waals surface area (Å²) >= 11 is 0. The minimum absolute atomic E-state index is 0.0201. The van der Waals surface area contributed by atoms with E-state index in [1.165, 1.54) is 24.1 Å². The van der Waals surface area contributed by atoms with Gasteiger partial charge in [-0.25, -0.2) is 13.2 Å². The highest BCUT2D eigenvalue weighted by Crippen LogP contribution is 2.33. The number of nitrogens with one attached hydrogen (secondary N) is 1. The number of carboxylic acid groups (broad SMARTS) is 1. The number of carboxylic acids is 1. The molecule has 0 spiro atoms. The van der Waals surface area contributed by atoms with E-state index in [0.717, 1.165) is 16.4 Å². The predicted octanol–water partition coefficient (Wildman–Crippen LogP) is 1.36. The topological polar surface area (TPSA) is 208 Å². The van der Waals surface area contributed by atoms with E-state index in [1.807, 2.05) is 0 Å². The van der Waals surface area contributed by atoms with Gasteiger partial charge in [-0.2, -0.15) is 17.5 Å². The number of carbonyl (C=O) groups is 2. The highest BCUT2D eigenvalue weighted by atomic mass is 32.2. The molecular formula is C19H26F3N7O8S. The lowest BCUT2D eigenvalue weighted by atomic mass is 10.1. The van der Waals surface area contributed by atoms with Crippen molar-refractivity contribution in [1.29, 1.82) is 0 Å².